The molecule has 0 saturated heterocycles. The second kappa shape index (κ2) is 6.60. The molecule has 0 aromatic heterocycles. The minimum absolute atomic E-state index is 0.351. The van der Waals surface area contributed by atoms with Gasteiger partial charge in [0, 0.05) is 17.1 Å². The fraction of sp³-hybridized carbons (Fsp3) is 0.250. The Bertz CT molecular complexity index is 537. The summed E-state index contributed by atoms with van der Waals surface area (Å²) in [5.74, 6) is 0.351. The summed E-state index contributed by atoms with van der Waals surface area (Å²) in [6.45, 7) is 3.58. The zero-order valence-corrected chi connectivity index (χ0v) is 11.7. The van der Waals surface area contributed by atoms with Crippen LogP contribution in [0.1, 0.15) is 16.7 Å². The molecule has 0 bridgehead atoms. The number of rotatable bonds is 5. The van der Waals surface area contributed by atoms with Gasteiger partial charge < -0.3 is 10.4 Å². The first kappa shape index (κ1) is 13.9. The lowest BCUT2D eigenvalue weighted by Gasteiger charge is -2.08. The standard InChI is InChI=1S/C16H18ClNO/c1-12-2-7-16(19)14(10-12)11-18-9-8-13-3-5-15(17)6-4-13/h2-7,10,18-19H,8-9,11H2,1H3. The monoisotopic (exact) mass is 275 g/mol. The van der Waals surface area contributed by atoms with Gasteiger partial charge in [-0.1, -0.05) is 41.4 Å². The van der Waals surface area contributed by atoms with E-state index in [9.17, 15) is 5.11 Å². The van der Waals surface area contributed by atoms with Crippen LogP contribution in [0.15, 0.2) is 42.5 Å². The van der Waals surface area contributed by atoms with Crippen LogP contribution in [0.4, 0.5) is 0 Å². The van der Waals surface area contributed by atoms with E-state index in [1.165, 1.54) is 5.56 Å². The highest BCUT2D eigenvalue weighted by molar-refractivity contribution is 6.30. The van der Waals surface area contributed by atoms with Gasteiger partial charge in [-0.3, -0.25) is 0 Å². The number of benzene rings is 2. The Balaban J connectivity index is 1.80. The van der Waals surface area contributed by atoms with Crippen molar-refractivity contribution in [1.29, 1.82) is 0 Å². The van der Waals surface area contributed by atoms with E-state index in [0.717, 1.165) is 29.1 Å². The molecular weight excluding hydrogens is 258 g/mol. The molecule has 2 nitrogen and oxygen atoms in total. The SMILES string of the molecule is Cc1ccc(O)c(CNCCc2ccc(Cl)cc2)c1. The molecule has 0 heterocycles. The van der Waals surface area contributed by atoms with E-state index >= 15 is 0 Å². The average molecular weight is 276 g/mol. The van der Waals surface area contributed by atoms with Gasteiger partial charge in [-0.05, 0) is 43.7 Å². The van der Waals surface area contributed by atoms with Crippen LogP contribution in [0.2, 0.25) is 5.02 Å². The molecule has 2 rings (SSSR count). The van der Waals surface area contributed by atoms with Gasteiger partial charge in [-0.15, -0.1) is 0 Å². The predicted molar refractivity (Wildman–Crippen MR) is 79.7 cm³/mol. The van der Waals surface area contributed by atoms with Gasteiger partial charge in [-0.2, -0.15) is 0 Å². The maximum absolute atomic E-state index is 9.73. The first-order valence-electron chi connectivity index (χ1n) is 6.39. The van der Waals surface area contributed by atoms with Crippen molar-refractivity contribution in [2.24, 2.45) is 0 Å². The second-order valence-corrected chi connectivity index (χ2v) is 5.12. The lowest BCUT2D eigenvalue weighted by Crippen LogP contribution is -2.16. The molecule has 100 valence electrons. The third-order valence-corrected chi connectivity index (χ3v) is 3.31. The van der Waals surface area contributed by atoms with E-state index in [1.54, 1.807) is 6.07 Å². The number of nitrogens with one attached hydrogen (secondary N) is 1. The molecule has 0 aliphatic heterocycles. The third kappa shape index (κ3) is 4.27. The van der Waals surface area contributed by atoms with Crippen LogP contribution < -0.4 is 5.32 Å². The van der Waals surface area contributed by atoms with E-state index in [1.807, 2.05) is 43.3 Å². The number of halogens is 1. The summed E-state index contributed by atoms with van der Waals surface area (Å²) in [5.41, 5.74) is 3.36. The van der Waals surface area contributed by atoms with Crippen LogP contribution in [0, 0.1) is 6.92 Å². The molecule has 0 radical (unpaired) electrons. The van der Waals surface area contributed by atoms with Gasteiger partial charge in [0.1, 0.15) is 5.75 Å². The van der Waals surface area contributed by atoms with Crippen LogP contribution >= 0.6 is 11.6 Å². The number of hydrogen-bond acceptors (Lipinski definition) is 2. The van der Waals surface area contributed by atoms with Gasteiger partial charge in [0.05, 0.1) is 0 Å². The van der Waals surface area contributed by atoms with Crippen molar-refractivity contribution in [3.8, 4) is 5.75 Å². The fourth-order valence-corrected chi connectivity index (χ4v) is 2.09. The van der Waals surface area contributed by atoms with Crippen molar-refractivity contribution in [3.05, 3.63) is 64.2 Å². The molecule has 0 atom stereocenters. The second-order valence-electron chi connectivity index (χ2n) is 4.69. The number of aryl methyl sites for hydroxylation is 1. The smallest absolute Gasteiger partial charge is 0.120 e. The maximum Gasteiger partial charge on any atom is 0.120 e. The Morgan fingerprint density at radius 2 is 1.84 bits per heavy atom. The number of hydrogen-bond donors (Lipinski definition) is 2. The highest BCUT2D eigenvalue weighted by Crippen LogP contribution is 2.17. The molecule has 2 aromatic carbocycles. The first-order valence-corrected chi connectivity index (χ1v) is 6.76. The molecule has 0 spiro atoms. The Labute approximate surface area is 119 Å². The lowest BCUT2D eigenvalue weighted by atomic mass is 10.1. The molecule has 2 N–H and O–H groups in total. The molecular formula is C16H18ClNO. The van der Waals surface area contributed by atoms with Crippen molar-refractivity contribution >= 4 is 11.6 Å². The number of phenolic OH excluding ortho intramolecular Hbond substituents is 1. The molecule has 0 saturated carbocycles. The summed E-state index contributed by atoms with van der Waals surface area (Å²) in [6, 6.07) is 13.5. The van der Waals surface area contributed by atoms with Crippen LogP contribution in [-0.4, -0.2) is 11.7 Å². The van der Waals surface area contributed by atoms with Crippen LogP contribution in [-0.2, 0) is 13.0 Å². The highest BCUT2D eigenvalue weighted by atomic mass is 35.5. The zero-order valence-electron chi connectivity index (χ0n) is 11.0. The van der Waals surface area contributed by atoms with E-state index in [0.29, 0.717) is 12.3 Å². The molecule has 0 aliphatic rings. The largest absolute Gasteiger partial charge is 0.508 e. The normalized spacial score (nSPS) is 10.6. The van der Waals surface area contributed by atoms with E-state index in [2.05, 4.69) is 5.32 Å². The Hall–Kier alpha value is -1.51. The fourth-order valence-electron chi connectivity index (χ4n) is 1.96. The molecule has 0 fully saturated rings. The zero-order chi connectivity index (χ0) is 13.7. The first-order chi connectivity index (χ1) is 9.15. The molecule has 2 aromatic rings. The Kier molecular flexibility index (Phi) is 4.83. The summed E-state index contributed by atoms with van der Waals surface area (Å²) >= 11 is 5.84. The van der Waals surface area contributed by atoms with Gasteiger partial charge in [-0.25, -0.2) is 0 Å². The molecule has 0 aliphatic carbocycles. The summed E-state index contributed by atoms with van der Waals surface area (Å²) in [6.07, 6.45) is 0.948. The van der Waals surface area contributed by atoms with Gasteiger partial charge >= 0.3 is 0 Å². The minimum atomic E-state index is 0.351. The molecule has 3 heteroatoms. The average Bonchev–Trinajstić information content (AvgIpc) is 2.40. The summed E-state index contributed by atoms with van der Waals surface area (Å²) in [7, 11) is 0. The van der Waals surface area contributed by atoms with Crippen molar-refractivity contribution in [3.63, 3.8) is 0 Å². The Morgan fingerprint density at radius 1 is 1.11 bits per heavy atom. The van der Waals surface area contributed by atoms with E-state index in [-0.39, 0.29) is 0 Å². The van der Waals surface area contributed by atoms with E-state index < -0.39 is 0 Å². The van der Waals surface area contributed by atoms with Crippen molar-refractivity contribution in [2.75, 3.05) is 6.54 Å². The van der Waals surface area contributed by atoms with Crippen molar-refractivity contribution < 1.29 is 5.11 Å². The molecule has 0 unspecified atom stereocenters. The third-order valence-electron chi connectivity index (χ3n) is 3.05. The van der Waals surface area contributed by atoms with Crippen LogP contribution in [0.5, 0.6) is 5.75 Å². The van der Waals surface area contributed by atoms with Crippen molar-refractivity contribution in [2.45, 2.75) is 19.9 Å². The van der Waals surface area contributed by atoms with Gasteiger partial charge in [0.15, 0.2) is 0 Å². The summed E-state index contributed by atoms with van der Waals surface area (Å²) < 4.78 is 0. The van der Waals surface area contributed by atoms with Crippen LogP contribution in [0.25, 0.3) is 0 Å². The summed E-state index contributed by atoms with van der Waals surface area (Å²) in [4.78, 5) is 0. The summed E-state index contributed by atoms with van der Waals surface area (Å²) in [5, 5.41) is 13.8. The number of phenols is 1. The van der Waals surface area contributed by atoms with Crippen LogP contribution in [0.3, 0.4) is 0 Å². The predicted octanol–water partition coefficient (Wildman–Crippen LogP) is 3.69. The topological polar surface area (TPSA) is 32.3 Å². The van der Waals surface area contributed by atoms with Gasteiger partial charge in [0.2, 0.25) is 0 Å². The van der Waals surface area contributed by atoms with Crippen molar-refractivity contribution in [1.82, 2.24) is 5.32 Å². The molecule has 19 heavy (non-hydrogen) atoms. The lowest BCUT2D eigenvalue weighted by molar-refractivity contribution is 0.464. The minimum Gasteiger partial charge on any atom is -0.508 e. The maximum atomic E-state index is 9.73. The van der Waals surface area contributed by atoms with Gasteiger partial charge in [0.25, 0.3) is 0 Å². The number of aromatic hydroxyl groups is 1. The Morgan fingerprint density at radius 3 is 2.58 bits per heavy atom. The van der Waals surface area contributed by atoms with E-state index in [4.69, 9.17) is 11.6 Å². The quantitative estimate of drug-likeness (QED) is 0.816. The molecule has 0 amide bonds. The highest BCUT2D eigenvalue weighted by Gasteiger charge is 2.00.